The Hall–Kier alpha value is -4.33. The Balaban J connectivity index is 1.44. The average molecular weight is 433 g/mol. The fourth-order valence-electron chi connectivity index (χ4n) is 3.40. The second-order valence-electron chi connectivity index (χ2n) is 7.21. The molecule has 0 bridgehead atoms. The zero-order chi connectivity index (χ0) is 22.7. The van der Waals surface area contributed by atoms with Crippen LogP contribution >= 0.6 is 0 Å². The fourth-order valence-corrected chi connectivity index (χ4v) is 3.40. The van der Waals surface area contributed by atoms with Crippen LogP contribution in [0.15, 0.2) is 75.9 Å². The Bertz CT molecular complexity index is 1360. The second kappa shape index (κ2) is 8.81. The summed E-state index contributed by atoms with van der Waals surface area (Å²) < 4.78 is 10.8. The lowest BCUT2D eigenvalue weighted by molar-refractivity contribution is -0.142. The van der Waals surface area contributed by atoms with Crippen LogP contribution in [0.25, 0.3) is 21.7 Å². The molecule has 0 radical (unpaired) electrons. The molecule has 32 heavy (non-hydrogen) atoms. The van der Waals surface area contributed by atoms with Crippen molar-refractivity contribution >= 4 is 33.6 Å². The Kier molecular flexibility index (Phi) is 5.76. The summed E-state index contributed by atoms with van der Waals surface area (Å²) in [6.45, 7) is -0.414. The van der Waals surface area contributed by atoms with Crippen LogP contribution in [0.5, 0.6) is 11.5 Å². The van der Waals surface area contributed by atoms with Gasteiger partial charge in [-0.3, -0.25) is 4.79 Å². The van der Waals surface area contributed by atoms with Crippen molar-refractivity contribution in [2.45, 2.75) is 12.5 Å². The van der Waals surface area contributed by atoms with Crippen molar-refractivity contribution < 1.29 is 29.0 Å². The molecule has 1 amide bonds. The highest BCUT2D eigenvalue weighted by Gasteiger charge is 2.21. The first kappa shape index (κ1) is 20.9. The van der Waals surface area contributed by atoms with Gasteiger partial charge in [-0.05, 0) is 41.3 Å². The lowest BCUT2D eigenvalue weighted by Crippen LogP contribution is -2.44. The molecule has 4 rings (SSSR count). The molecule has 3 N–H and O–H groups in total. The van der Waals surface area contributed by atoms with E-state index in [1.54, 1.807) is 36.4 Å². The first-order chi connectivity index (χ1) is 15.4. The molecule has 0 aliphatic carbocycles. The quantitative estimate of drug-likeness (QED) is 0.302. The van der Waals surface area contributed by atoms with Gasteiger partial charge in [0.1, 0.15) is 23.1 Å². The molecule has 0 aliphatic rings. The van der Waals surface area contributed by atoms with Gasteiger partial charge in [0.25, 0.3) is 5.91 Å². The van der Waals surface area contributed by atoms with Gasteiger partial charge in [0.05, 0.1) is 5.39 Å². The highest BCUT2D eigenvalue weighted by molar-refractivity contribution is 6.04. The van der Waals surface area contributed by atoms with Crippen LogP contribution < -0.4 is 15.7 Å². The Morgan fingerprint density at radius 1 is 0.969 bits per heavy atom. The van der Waals surface area contributed by atoms with E-state index in [4.69, 9.17) is 9.15 Å². The summed E-state index contributed by atoms with van der Waals surface area (Å²) in [5, 5.41) is 23.1. The van der Waals surface area contributed by atoms with E-state index in [0.29, 0.717) is 22.3 Å². The maximum Gasteiger partial charge on any atom is 0.344 e. The number of fused-ring (bicyclic) bond motifs is 3. The standard InChI is InChI=1S/C24H19NO7/c26-15-7-5-14(6-8-15)11-20(23(28)29)25-22(27)13-31-16-9-10-18-17-3-1-2-4-19(17)24(30)32-21(18)12-16/h1-10,12,20,26H,11,13H2,(H,25,27)(H,28,29). The number of aromatic hydroxyl groups is 1. The average Bonchev–Trinajstić information content (AvgIpc) is 2.78. The zero-order valence-corrected chi connectivity index (χ0v) is 16.8. The molecule has 8 heteroatoms. The number of phenols is 1. The molecule has 1 heterocycles. The molecule has 3 aromatic carbocycles. The number of ether oxygens (including phenoxy) is 1. The fraction of sp³-hybridized carbons (Fsp3) is 0.125. The lowest BCUT2D eigenvalue weighted by Gasteiger charge is -2.15. The summed E-state index contributed by atoms with van der Waals surface area (Å²) in [6, 6.07) is 16.9. The van der Waals surface area contributed by atoms with E-state index < -0.39 is 30.2 Å². The summed E-state index contributed by atoms with van der Waals surface area (Å²) in [5.41, 5.74) is 0.497. The number of hydrogen-bond donors (Lipinski definition) is 3. The minimum absolute atomic E-state index is 0.0511. The summed E-state index contributed by atoms with van der Waals surface area (Å²) in [6.07, 6.45) is 0.0511. The number of rotatable bonds is 7. The largest absolute Gasteiger partial charge is 0.508 e. The number of benzene rings is 3. The number of aliphatic carboxylic acids is 1. The SMILES string of the molecule is O=C(COc1ccc2c(c1)oc(=O)c1ccccc12)NC(Cc1ccc(O)cc1)C(=O)O. The van der Waals surface area contributed by atoms with Crippen molar-refractivity contribution in [3.05, 3.63) is 82.7 Å². The number of nitrogens with one attached hydrogen (secondary N) is 1. The molecule has 8 nitrogen and oxygen atoms in total. The number of amides is 1. The van der Waals surface area contributed by atoms with Gasteiger partial charge < -0.3 is 24.7 Å². The maximum absolute atomic E-state index is 12.3. The van der Waals surface area contributed by atoms with E-state index in [0.717, 1.165) is 10.8 Å². The van der Waals surface area contributed by atoms with Gasteiger partial charge >= 0.3 is 11.6 Å². The van der Waals surface area contributed by atoms with Crippen LogP contribution in [0.4, 0.5) is 0 Å². The molecular formula is C24H19NO7. The third-order valence-electron chi connectivity index (χ3n) is 4.97. The van der Waals surface area contributed by atoms with E-state index >= 15 is 0 Å². The van der Waals surface area contributed by atoms with Crippen molar-refractivity contribution in [3.63, 3.8) is 0 Å². The third-order valence-corrected chi connectivity index (χ3v) is 4.97. The van der Waals surface area contributed by atoms with Gasteiger partial charge in [-0.2, -0.15) is 0 Å². The summed E-state index contributed by atoms with van der Waals surface area (Å²) in [7, 11) is 0. The predicted octanol–water partition coefficient (Wildman–Crippen LogP) is 2.84. The van der Waals surface area contributed by atoms with Crippen molar-refractivity contribution in [1.29, 1.82) is 0 Å². The van der Waals surface area contributed by atoms with Gasteiger partial charge in [0, 0.05) is 17.9 Å². The molecule has 0 saturated heterocycles. The molecule has 0 aliphatic heterocycles. The molecule has 4 aromatic rings. The minimum Gasteiger partial charge on any atom is -0.508 e. The van der Waals surface area contributed by atoms with Crippen LogP contribution in [0.1, 0.15) is 5.56 Å². The molecule has 0 fully saturated rings. The Labute approximate surface area is 181 Å². The second-order valence-corrected chi connectivity index (χ2v) is 7.21. The molecule has 0 spiro atoms. The van der Waals surface area contributed by atoms with Crippen LogP contribution in [-0.2, 0) is 16.0 Å². The van der Waals surface area contributed by atoms with E-state index in [2.05, 4.69) is 5.32 Å². The molecule has 0 saturated carbocycles. The Morgan fingerprint density at radius 3 is 2.41 bits per heavy atom. The molecule has 1 atom stereocenters. The van der Waals surface area contributed by atoms with E-state index in [9.17, 15) is 24.6 Å². The van der Waals surface area contributed by atoms with E-state index in [1.165, 1.54) is 18.2 Å². The summed E-state index contributed by atoms with van der Waals surface area (Å²) in [5.74, 6) is -1.43. The number of carboxylic acids is 1. The molecule has 1 aromatic heterocycles. The number of carbonyl (C=O) groups is 2. The molecule has 1 unspecified atom stereocenters. The highest BCUT2D eigenvalue weighted by atomic mass is 16.5. The zero-order valence-electron chi connectivity index (χ0n) is 16.8. The predicted molar refractivity (Wildman–Crippen MR) is 117 cm³/mol. The van der Waals surface area contributed by atoms with Gasteiger partial charge in [-0.1, -0.05) is 30.3 Å². The minimum atomic E-state index is -1.19. The number of carboxylic acid groups (broad SMARTS) is 1. The first-order valence-electron chi connectivity index (χ1n) is 9.79. The van der Waals surface area contributed by atoms with E-state index in [1.807, 2.05) is 12.1 Å². The summed E-state index contributed by atoms with van der Waals surface area (Å²) >= 11 is 0. The van der Waals surface area contributed by atoms with Crippen molar-refractivity contribution in [3.8, 4) is 11.5 Å². The van der Waals surface area contributed by atoms with Gasteiger partial charge in [0.15, 0.2) is 6.61 Å². The van der Waals surface area contributed by atoms with Crippen molar-refractivity contribution in [2.24, 2.45) is 0 Å². The van der Waals surface area contributed by atoms with Crippen molar-refractivity contribution in [2.75, 3.05) is 6.61 Å². The van der Waals surface area contributed by atoms with Crippen LogP contribution in [0, 0.1) is 0 Å². The van der Waals surface area contributed by atoms with Gasteiger partial charge in [0.2, 0.25) is 0 Å². The van der Waals surface area contributed by atoms with E-state index in [-0.39, 0.29) is 12.2 Å². The number of carbonyl (C=O) groups excluding carboxylic acids is 1. The summed E-state index contributed by atoms with van der Waals surface area (Å²) in [4.78, 5) is 36.0. The third kappa shape index (κ3) is 4.54. The maximum atomic E-state index is 12.3. The normalized spacial score (nSPS) is 11.9. The van der Waals surface area contributed by atoms with Crippen molar-refractivity contribution in [1.82, 2.24) is 5.32 Å². The molecule has 162 valence electrons. The smallest absolute Gasteiger partial charge is 0.344 e. The van der Waals surface area contributed by atoms with Crippen LogP contribution in [0.3, 0.4) is 0 Å². The molecular weight excluding hydrogens is 414 g/mol. The van der Waals surface area contributed by atoms with Crippen LogP contribution in [0.2, 0.25) is 0 Å². The topological polar surface area (TPSA) is 126 Å². The number of hydrogen-bond acceptors (Lipinski definition) is 6. The monoisotopic (exact) mass is 433 g/mol. The van der Waals surface area contributed by atoms with Gasteiger partial charge in [-0.25, -0.2) is 9.59 Å². The lowest BCUT2D eigenvalue weighted by atomic mass is 10.1. The number of phenolic OH excluding ortho intramolecular Hbond substituents is 1. The van der Waals surface area contributed by atoms with Gasteiger partial charge in [-0.15, -0.1) is 0 Å². The van der Waals surface area contributed by atoms with Crippen LogP contribution in [-0.4, -0.2) is 34.7 Å². The first-order valence-corrected chi connectivity index (χ1v) is 9.79. The Morgan fingerprint density at radius 2 is 1.69 bits per heavy atom. The highest BCUT2D eigenvalue weighted by Crippen LogP contribution is 2.26.